The summed E-state index contributed by atoms with van der Waals surface area (Å²) in [5.74, 6) is 0.295. The molecule has 1 heterocycles. The maximum Gasteiger partial charge on any atom is 0.226 e. The molecule has 0 radical (unpaired) electrons. The number of benzene rings is 1. The van der Waals surface area contributed by atoms with Crippen LogP contribution in [0, 0.1) is 5.92 Å². The van der Waals surface area contributed by atoms with Gasteiger partial charge < -0.3 is 4.90 Å². The van der Waals surface area contributed by atoms with Crippen molar-refractivity contribution in [1.29, 1.82) is 0 Å². The molecule has 1 aromatic carbocycles. The summed E-state index contributed by atoms with van der Waals surface area (Å²) >= 11 is 0. The molecule has 0 aromatic heterocycles. The lowest BCUT2D eigenvalue weighted by molar-refractivity contribution is -0.135. The molecule has 1 aliphatic rings. The minimum absolute atomic E-state index is 0.0548. The van der Waals surface area contributed by atoms with E-state index in [4.69, 9.17) is 0 Å². The normalized spacial score (nSPS) is 18.6. The number of ketones is 1. The van der Waals surface area contributed by atoms with Gasteiger partial charge in [0.2, 0.25) is 5.91 Å². The van der Waals surface area contributed by atoms with Gasteiger partial charge in [-0.25, -0.2) is 0 Å². The van der Waals surface area contributed by atoms with Crippen molar-refractivity contribution in [2.45, 2.75) is 45.6 Å². The van der Waals surface area contributed by atoms with Gasteiger partial charge in [0.15, 0.2) is 5.78 Å². The number of hydrogen-bond acceptors (Lipinski definition) is 2. The van der Waals surface area contributed by atoms with Crippen LogP contribution in [0.2, 0.25) is 0 Å². The Hall–Kier alpha value is -1.64. The Kier molecular flexibility index (Phi) is 4.94. The molecule has 2 rings (SSSR count). The van der Waals surface area contributed by atoms with Crippen LogP contribution in [-0.2, 0) is 4.79 Å². The van der Waals surface area contributed by atoms with E-state index < -0.39 is 0 Å². The molecule has 1 fully saturated rings. The molecular weight excluding hydrogens is 250 g/mol. The number of likely N-dealkylation sites (tertiary alicyclic amines) is 1. The zero-order valence-corrected chi connectivity index (χ0v) is 12.3. The second kappa shape index (κ2) is 6.69. The summed E-state index contributed by atoms with van der Waals surface area (Å²) in [5, 5.41) is 0. The smallest absolute Gasteiger partial charge is 0.226 e. The van der Waals surface area contributed by atoms with Crippen molar-refractivity contribution in [3.8, 4) is 0 Å². The molecule has 1 aliphatic heterocycles. The topological polar surface area (TPSA) is 37.4 Å². The Morgan fingerprint density at radius 1 is 1.20 bits per heavy atom. The Labute approximate surface area is 121 Å². The summed E-state index contributed by atoms with van der Waals surface area (Å²) in [6, 6.07) is 9.05. The van der Waals surface area contributed by atoms with Crippen molar-refractivity contribution in [1.82, 2.24) is 4.90 Å². The molecule has 0 aliphatic carbocycles. The van der Waals surface area contributed by atoms with Crippen LogP contribution in [0.15, 0.2) is 30.3 Å². The molecule has 1 amide bonds. The molecular formula is C17H23NO2. The van der Waals surface area contributed by atoms with Crippen molar-refractivity contribution >= 4 is 11.7 Å². The molecule has 3 nitrogen and oxygen atoms in total. The quantitative estimate of drug-likeness (QED) is 0.772. The summed E-state index contributed by atoms with van der Waals surface area (Å²) in [5.41, 5.74) is 0.710. The number of carbonyl (C=O) groups is 2. The highest BCUT2D eigenvalue weighted by Gasteiger charge is 2.36. The van der Waals surface area contributed by atoms with E-state index in [-0.39, 0.29) is 23.7 Å². The van der Waals surface area contributed by atoms with E-state index in [0.29, 0.717) is 5.56 Å². The summed E-state index contributed by atoms with van der Waals surface area (Å²) in [7, 11) is 0. The summed E-state index contributed by atoms with van der Waals surface area (Å²) in [6.45, 7) is 4.80. The van der Waals surface area contributed by atoms with E-state index in [9.17, 15) is 9.59 Å². The summed E-state index contributed by atoms with van der Waals surface area (Å²) < 4.78 is 0. The summed E-state index contributed by atoms with van der Waals surface area (Å²) in [6.07, 6.45) is 3.41. The number of Topliss-reactive ketones (excluding diaryl/α,β-unsaturated/α-hetero) is 1. The second-order valence-electron chi connectivity index (χ2n) is 5.43. The molecule has 0 saturated carbocycles. The molecule has 20 heavy (non-hydrogen) atoms. The minimum Gasteiger partial charge on any atom is -0.332 e. The largest absolute Gasteiger partial charge is 0.332 e. The molecule has 3 heteroatoms. The number of nitrogens with zero attached hydrogens (tertiary/aromatic N) is 1. The van der Waals surface area contributed by atoms with Crippen LogP contribution in [0.5, 0.6) is 0 Å². The van der Waals surface area contributed by atoms with Crippen LogP contribution in [0.3, 0.4) is 0 Å². The molecule has 1 unspecified atom stereocenters. The van der Waals surface area contributed by atoms with Gasteiger partial charge in [0.05, 0.1) is 6.04 Å². The Morgan fingerprint density at radius 3 is 2.45 bits per heavy atom. The third kappa shape index (κ3) is 2.92. The van der Waals surface area contributed by atoms with E-state index in [2.05, 4.69) is 0 Å². The van der Waals surface area contributed by atoms with Crippen LogP contribution in [0.1, 0.15) is 49.9 Å². The highest BCUT2D eigenvalue weighted by molar-refractivity contribution is 6.02. The maximum absolute atomic E-state index is 12.6. The highest BCUT2D eigenvalue weighted by Crippen LogP contribution is 2.25. The fourth-order valence-electron chi connectivity index (χ4n) is 2.97. The average Bonchev–Trinajstić information content (AvgIpc) is 2.98. The Bertz CT molecular complexity index is 465. The average molecular weight is 273 g/mol. The van der Waals surface area contributed by atoms with Gasteiger partial charge in [0.25, 0.3) is 0 Å². The van der Waals surface area contributed by atoms with Gasteiger partial charge >= 0.3 is 0 Å². The second-order valence-corrected chi connectivity index (χ2v) is 5.43. The number of carbonyl (C=O) groups excluding carboxylic acids is 2. The maximum atomic E-state index is 12.6. The van der Waals surface area contributed by atoms with Gasteiger partial charge in [-0.3, -0.25) is 9.59 Å². The van der Waals surface area contributed by atoms with Crippen molar-refractivity contribution in [2.24, 2.45) is 5.92 Å². The van der Waals surface area contributed by atoms with Gasteiger partial charge in [-0.1, -0.05) is 44.2 Å². The molecule has 0 N–H and O–H groups in total. The number of hydrogen-bond donors (Lipinski definition) is 0. The first-order valence-electron chi connectivity index (χ1n) is 7.58. The predicted octanol–water partition coefficient (Wildman–Crippen LogP) is 3.30. The van der Waals surface area contributed by atoms with Gasteiger partial charge in [0, 0.05) is 18.0 Å². The van der Waals surface area contributed by atoms with Gasteiger partial charge in [-0.05, 0) is 25.7 Å². The standard InChI is InChI=1S/C17H23NO2/c1-3-13(4-2)17(20)18-12-8-11-15(18)16(19)14-9-6-5-7-10-14/h5-7,9-10,13,15H,3-4,8,11-12H2,1-2H3. The van der Waals surface area contributed by atoms with Gasteiger partial charge in [0.1, 0.15) is 0 Å². The van der Waals surface area contributed by atoms with Crippen LogP contribution in [-0.4, -0.2) is 29.2 Å². The first-order chi connectivity index (χ1) is 9.69. The zero-order valence-electron chi connectivity index (χ0n) is 12.3. The van der Waals surface area contributed by atoms with Crippen molar-refractivity contribution < 1.29 is 9.59 Å². The molecule has 0 bridgehead atoms. The van der Waals surface area contributed by atoms with Crippen molar-refractivity contribution in [3.63, 3.8) is 0 Å². The van der Waals surface area contributed by atoms with E-state index in [1.165, 1.54) is 0 Å². The zero-order chi connectivity index (χ0) is 14.5. The summed E-state index contributed by atoms with van der Waals surface area (Å²) in [4.78, 5) is 26.9. The first kappa shape index (κ1) is 14.8. The van der Waals surface area contributed by atoms with Crippen LogP contribution in [0.4, 0.5) is 0 Å². The molecule has 108 valence electrons. The highest BCUT2D eigenvalue weighted by atomic mass is 16.2. The van der Waals surface area contributed by atoms with Crippen molar-refractivity contribution in [3.05, 3.63) is 35.9 Å². The van der Waals surface area contributed by atoms with Crippen LogP contribution in [0.25, 0.3) is 0 Å². The third-order valence-corrected chi connectivity index (χ3v) is 4.23. The Morgan fingerprint density at radius 2 is 1.85 bits per heavy atom. The van der Waals surface area contributed by atoms with Crippen molar-refractivity contribution in [2.75, 3.05) is 6.54 Å². The minimum atomic E-state index is -0.259. The fourth-order valence-corrected chi connectivity index (χ4v) is 2.97. The van der Waals surface area contributed by atoms with E-state index >= 15 is 0 Å². The van der Waals surface area contributed by atoms with Gasteiger partial charge in [-0.2, -0.15) is 0 Å². The lowest BCUT2D eigenvalue weighted by Gasteiger charge is -2.27. The fraction of sp³-hybridized carbons (Fsp3) is 0.529. The Balaban J connectivity index is 2.15. The molecule has 1 atom stereocenters. The van der Waals surface area contributed by atoms with E-state index in [1.807, 2.05) is 49.1 Å². The third-order valence-electron chi connectivity index (χ3n) is 4.23. The van der Waals surface area contributed by atoms with Crippen LogP contribution < -0.4 is 0 Å². The monoisotopic (exact) mass is 273 g/mol. The predicted molar refractivity (Wildman–Crippen MR) is 79.6 cm³/mol. The SMILES string of the molecule is CCC(CC)C(=O)N1CCCC1C(=O)c1ccccc1. The number of amides is 1. The van der Waals surface area contributed by atoms with E-state index in [1.54, 1.807) is 0 Å². The van der Waals surface area contributed by atoms with Gasteiger partial charge in [-0.15, -0.1) is 0 Å². The molecule has 1 aromatic rings. The molecule has 0 spiro atoms. The van der Waals surface area contributed by atoms with Crippen LogP contribution >= 0.6 is 0 Å². The lowest BCUT2D eigenvalue weighted by Crippen LogP contribution is -2.43. The number of rotatable bonds is 5. The lowest BCUT2D eigenvalue weighted by atomic mass is 9.98. The first-order valence-corrected chi connectivity index (χ1v) is 7.58. The molecule has 1 saturated heterocycles. The van der Waals surface area contributed by atoms with E-state index in [0.717, 1.165) is 32.2 Å².